The van der Waals surface area contributed by atoms with Crippen molar-refractivity contribution in [2.45, 2.75) is 20.3 Å². The van der Waals surface area contributed by atoms with Crippen molar-refractivity contribution in [1.29, 1.82) is 0 Å². The number of fused-ring (bicyclic) bond motifs is 21. The summed E-state index contributed by atoms with van der Waals surface area (Å²) in [6, 6.07) is 0. The van der Waals surface area contributed by atoms with Crippen LogP contribution in [0.25, 0.3) is 0 Å². The summed E-state index contributed by atoms with van der Waals surface area (Å²) in [5.74, 6) is 0. The molecule has 11 heteroatoms. The molecule has 4 N–H and O–H groups in total. The first-order chi connectivity index (χ1) is 14.4. The van der Waals surface area contributed by atoms with Gasteiger partial charge in [-0.2, -0.15) is 0 Å². The molecule has 10 nitrogen and oxygen atoms in total. The first-order valence-electron chi connectivity index (χ1n) is 11.3. The van der Waals surface area contributed by atoms with Crippen molar-refractivity contribution in [1.82, 2.24) is 9.80 Å². The summed E-state index contributed by atoms with van der Waals surface area (Å²) in [6.45, 7) is 17.4. The average Bonchev–Trinajstić information content (AvgIpc) is 2.71. The van der Waals surface area contributed by atoms with E-state index in [1.54, 1.807) is 0 Å². The summed E-state index contributed by atoms with van der Waals surface area (Å²) in [5.41, 5.74) is 0. The van der Waals surface area contributed by atoms with E-state index < -0.39 is 0 Å². The molecule has 0 aliphatic carbocycles. The summed E-state index contributed by atoms with van der Waals surface area (Å²) in [4.78, 5) is 4.62. The van der Waals surface area contributed by atoms with Gasteiger partial charge in [0.25, 0.3) is 0 Å². The zero-order valence-electron chi connectivity index (χ0n) is 20.2. The molecule has 3 heterocycles. The average molecular weight is 609 g/mol. The van der Waals surface area contributed by atoms with Gasteiger partial charge in [-0.1, -0.05) is 20.3 Å². The van der Waals surface area contributed by atoms with Crippen molar-refractivity contribution >= 4 is 0 Å². The topological polar surface area (TPSA) is 125 Å². The first-order valence-corrected chi connectivity index (χ1v) is 11.3. The molecule has 0 aromatic heterocycles. The van der Waals surface area contributed by atoms with E-state index in [2.05, 4.69) is 23.6 Å². The molecule has 0 atom stereocenters. The standard InChI is InChI=1S/C18H36N2O6.C3H8.Eu.2H2O/c1-7-21-13-14-24-10-4-20-5-11-25-17-15-22-8-2-19(1)3-9-23-16-18-26-12-6-20;1-3-2;;;/h1-18H2;3H2,1-2H3;;2*1H2/q;;+2;;. The van der Waals surface area contributed by atoms with Crippen LogP contribution in [0, 0.1) is 49.4 Å². The van der Waals surface area contributed by atoms with Gasteiger partial charge >= 0.3 is 49.4 Å². The fourth-order valence-electron chi connectivity index (χ4n) is 2.80. The van der Waals surface area contributed by atoms with Crippen LogP contribution in [0.2, 0.25) is 0 Å². The zero-order chi connectivity index (χ0) is 20.8. The molecule has 3 aliphatic rings. The zero-order valence-corrected chi connectivity index (χ0v) is 22.6. The van der Waals surface area contributed by atoms with Crippen molar-refractivity contribution in [2.75, 3.05) is 119 Å². The summed E-state index contributed by atoms with van der Waals surface area (Å²) in [7, 11) is 0. The maximum absolute atomic E-state index is 5.70. The second-order valence-electron chi connectivity index (χ2n) is 7.06. The number of nitrogens with zero attached hydrogens (tertiary/aromatic N) is 2. The molecule has 3 saturated heterocycles. The van der Waals surface area contributed by atoms with Gasteiger partial charge < -0.3 is 39.4 Å². The minimum atomic E-state index is 0. The van der Waals surface area contributed by atoms with E-state index in [9.17, 15) is 0 Å². The van der Waals surface area contributed by atoms with Gasteiger partial charge in [-0.25, -0.2) is 0 Å². The van der Waals surface area contributed by atoms with Crippen LogP contribution in [0.15, 0.2) is 0 Å². The van der Waals surface area contributed by atoms with Crippen LogP contribution in [0.4, 0.5) is 0 Å². The summed E-state index contributed by atoms with van der Waals surface area (Å²) >= 11 is 0. The van der Waals surface area contributed by atoms with Crippen molar-refractivity contribution in [2.24, 2.45) is 0 Å². The van der Waals surface area contributed by atoms with E-state index in [-0.39, 0.29) is 60.3 Å². The first kappa shape index (κ1) is 37.7. The molecule has 3 fully saturated rings. The molecule has 0 unspecified atom stereocenters. The molecule has 1 radical (unpaired) electrons. The van der Waals surface area contributed by atoms with Crippen LogP contribution in [-0.2, 0) is 28.4 Å². The smallest absolute Gasteiger partial charge is 0.412 e. The number of hydrogen-bond acceptors (Lipinski definition) is 8. The summed E-state index contributed by atoms with van der Waals surface area (Å²) < 4.78 is 34.2. The molecule has 0 amide bonds. The molecule has 0 spiro atoms. The molecule has 0 aromatic carbocycles. The molecule has 2 bridgehead atoms. The minimum absolute atomic E-state index is 0. The predicted molar refractivity (Wildman–Crippen MR) is 121 cm³/mol. The Kier molecular flexibility index (Phi) is 35.6. The predicted octanol–water partition coefficient (Wildman–Crippen LogP) is -0.516. The summed E-state index contributed by atoms with van der Waals surface area (Å²) in [6.07, 6.45) is 1.25. The van der Waals surface area contributed by atoms with Crippen LogP contribution < -0.4 is 0 Å². The van der Waals surface area contributed by atoms with Crippen LogP contribution in [0.1, 0.15) is 20.3 Å². The Balaban J connectivity index is -0.00000132. The maximum Gasteiger partial charge on any atom is 2.00 e. The van der Waals surface area contributed by atoms with E-state index >= 15 is 0 Å². The largest absolute Gasteiger partial charge is 2.00 e. The van der Waals surface area contributed by atoms with Crippen molar-refractivity contribution in [3.63, 3.8) is 0 Å². The van der Waals surface area contributed by atoms with E-state index in [4.69, 9.17) is 28.4 Å². The van der Waals surface area contributed by atoms with Gasteiger partial charge in [0.05, 0.1) is 79.3 Å². The molecule has 3 rings (SSSR count). The Morgan fingerprint density at radius 2 is 0.562 bits per heavy atom. The summed E-state index contributed by atoms with van der Waals surface area (Å²) in [5, 5.41) is 0. The molecular formula is C21H48EuN2O8+2. The monoisotopic (exact) mass is 609 g/mol. The Hall–Kier alpha value is 1.18. The Morgan fingerprint density at radius 3 is 0.719 bits per heavy atom. The van der Waals surface area contributed by atoms with Gasteiger partial charge in [0.1, 0.15) is 0 Å². The van der Waals surface area contributed by atoms with Crippen LogP contribution >= 0.6 is 0 Å². The Bertz CT molecular complexity index is 271. The fourth-order valence-corrected chi connectivity index (χ4v) is 2.80. The third-order valence-corrected chi connectivity index (χ3v) is 4.43. The van der Waals surface area contributed by atoms with Crippen molar-refractivity contribution in [3.05, 3.63) is 0 Å². The van der Waals surface area contributed by atoms with Gasteiger partial charge in [0, 0.05) is 39.3 Å². The van der Waals surface area contributed by atoms with Crippen molar-refractivity contribution < 1.29 is 88.8 Å². The minimum Gasteiger partial charge on any atom is -0.412 e. The van der Waals surface area contributed by atoms with Gasteiger partial charge in [0.15, 0.2) is 0 Å². The molecule has 3 aliphatic heterocycles. The number of rotatable bonds is 0. The molecule has 0 saturated carbocycles. The SMILES string of the molecule is C1COCCN2CCOCCOCCN(CCO1)CCOCCOCC2.CCC.O.O.[Eu+2]. The van der Waals surface area contributed by atoms with Gasteiger partial charge in [-0.05, 0) is 0 Å². The quantitative estimate of drug-likeness (QED) is 0.360. The second-order valence-corrected chi connectivity index (χ2v) is 7.06. The fraction of sp³-hybridized carbons (Fsp3) is 1.00. The van der Waals surface area contributed by atoms with Crippen LogP contribution in [0.3, 0.4) is 0 Å². The molecule has 195 valence electrons. The third-order valence-electron chi connectivity index (χ3n) is 4.43. The van der Waals surface area contributed by atoms with Gasteiger partial charge in [-0.15, -0.1) is 0 Å². The van der Waals surface area contributed by atoms with E-state index in [1.807, 2.05) is 0 Å². The number of ether oxygens (including phenoxy) is 6. The molecular weight excluding hydrogens is 560 g/mol. The van der Waals surface area contributed by atoms with E-state index in [0.717, 1.165) is 39.3 Å². The maximum atomic E-state index is 5.70. The van der Waals surface area contributed by atoms with Crippen LogP contribution in [-0.4, -0.2) is 139 Å². The number of hydrogen-bond donors (Lipinski definition) is 0. The van der Waals surface area contributed by atoms with Gasteiger partial charge in [-0.3, -0.25) is 9.80 Å². The van der Waals surface area contributed by atoms with Crippen molar-refractivity contribution in [3.8, 4) is 0 Å². The van der Waals surface area contributed by atoms with E-state index in [1.165, 1.54) is 6.42 Å². The Morgan fingerprint density at radius 1 is 0.406 bits per heavy atom. The third kappa shape index (κ3) is 24.3. The molecule has 32 heavy (non-hydrogen) atoms. The normalized spacial score (nSPS) is 25.3. The Labute approximate surface area is 235 Å². The van der Waals surface area contributed by atoms with E-state index in [0.29, 0.717) is 79.3 Å². The van der Waals surface area contributed by atoms with Crippen LogP contribution in [0.5, 0.6) is 0 Å². The van der Waals surface area contributed by atoms with Gasteiger partial charge in [0.2, 0.25) is 0 Å². The second kappa shape index (κ2) is 30.2. The molecule has 0 aromatic rings.